The first-order valence-corrected chi connectivity index (χ1v) is 7.21. The van der Waals surface area contributed by atoms with Crippen molar-refractivity contribution in [2.45, 2.75) is 72.4 Å². The summed E-state index contributed by atoms with van der Waals surface area (Å²) >= 11 is 0. The van der Waals surface area contributed by atoms with E-state index in [-0.39, 0.29) is 12.0 Å². The van der Waals surface area contributed by atoms with Gasteiger partial charge in [-0.15, -0.1) is 0 Å². The minimum Gasteiger partial charge on any atom is -0.396 e. The number of hydrogen-bond donors (Lipinski definition) is 2. The monoisotopic (exact) mass is 241 g/mol. The van der Waals surface area contributed by atoms with Gasteiger partial charge in [0.2, 0.25) is 0 Å². The van der Waals surface area contributed by atoms with Crippen molar-refractivity contribution in [3.05, 3.63) is 0 Å². The first-order valence-electron chi connectivity index (χ1n) is 7.21. The summed E-state index contributed by atoms with van der Waals surface area (Å²) in [5, 5.41) is 13.0. The standard InChI is InChI=1S/C15H31NO/c1-11-6-7-13(10-12(11)2)16-14(8-9-17)15(3,4)5/h11-14,16-17H,6-10H2,1-5H3. The highest BCUT2D eigenvalue weighted by Crippen LogP contribution is 2.31. The van der Waals surface area contributed by atoms with E-state index in [1.807, 2.05) is 0 Å². The van der Waals surface area contributed by atoms with Crippen molar-refractivity contribution in [1.82, 2.24) is 5.32 Å². The number of rotatable bonds is 4. The number of hydrogen-bond acceptors (Lipinski definition) is 2. The molecule has 4 unspecified atom stereocenters. The van der Waals surface area contributed by atoms with E-state index < -0.39 is 0 Å². The van der Waals surface area contributed by atoms with Crippen LogP contribution in [-0.2, 0) is 0 Å². The smallest absolute Gasteiger partial charge is 0.0446 e. The molecule has 0 aromatic heterocycles. The molecule has 1 fully saturated rings. The normalized spacial score (nSPS) is 32.5. The highest BCUT2D eigenvalue weighted by molar-refractivity contribution is 4.87. The third-order valence-corrected chi connectivity index (χ3v) is 4.50. The van der Waals surface area contributed by atoms with Crippen LogP contribution in [0.4, 0.5) is 0 Å². The Kier molecular flexibility index (Phi) is 5.46. The summed E-state index contributed by atoms with van der Waals surface area (Å²) in [7, 11) is 0. The van der Waals surface area contributed by atoms with Gasteiger partial charge in [-0.3, -0.25) is 0 Å². The molecule has 1 aliphatic carbocycles. The maximum Gasteiger partial charge on any atom is 0.0446 e. The average molecular weight is 241 g/mol. The van der Waals surface area contributed by atoms with E-state index in [1.54, 1.807) is 0 Å². The van der Waals surface area contributed by atoms with Crippen molar-refractivity contribution < 1.29 is 5.11 Å². The van der Waals surface area contributed by atoms with Gasteiger partial charge in [-0.1, -0.05) is 34.6 Å². The quantitative estimate of drug-likeness (QED) is 0.792. The van der Waals surface area contributed by atoms with Crippen LogP contribution in [-0.4, -0.2) is 23.8 Å². The largest absolute Gasteiger partial charge is 0.396 e. The van der Waals surface area contributed by atoms with Crippen LogP contribution in [0, 0.1) is 17.3 Å². The zero-order chi connectivity index (χ0) is 13.1. The molecule has 2 nitrogen and oxygen atoms in total. The summed E-state index contributed by atoms with van der Waals surface area (Å²) in [5.74, 6) is 1.70. The number of aliphatic hydroxyl groups is 1. The molecule has 1 rings (SSSR count). The molecule has 2 heteroatoms. The minimum absolute atomic E-state index is 0.231. The molecule has 0 radical (unpaired) electrons. The first-order chi connectivity index (χ1) is 7.84. The Balaban J connectivity index is 2.50. The highest BCUT2D eigenvalue weighted by Gasteiger charge is 2.30. The van der Waals surface area contributed by atoms with E-state index in [9.17, 15) is 5.11 Å². The topological polar surface area (TPSA) is 32.3 Å². The molecular formula is C15H31NO. The highest BCUT2D eigenvalue weighted by atomic mass is 16.3. The maximum absolute atomic E-state index is 9.18. The van der Waals surface area contributed by atoms with E-state index in [0.717, 1.165) is 18.3 Å². The van der Waals surface area contributed by atoms with E-state index in [4.69, 9.17) is 0 Å². The third-order valence-electron chi connectivity index (χ3n) is 4.50. The molecule has 0 saturated heterocycles. The minimum atomic E-state index is 0.231. The van der Waals surface area contributed by atoms with Crippen LogP contribution in [0.25, 0.3) is 0 Å². The third kappa shape index (κ3) is 4.59. The molecule has 17 heavy (non-hydrogen) atoms. The van der Waals surface area contributed by atoms with E-state index >= 15 is 0 Å². The summed E-state index contributed by atoms with van der Waals surface area (Å²) in [4.78, 5) is 0. The Morgan fingerprint density at radius 3 is 2.29 bits per heavy atom. The molecule has 1 saturated carbocycles. The number of nitrogens with one attached hydrogen (secondary N) is 1. The van der Waals surface area contributed by atoms with Gasteiger partial charge >= 0.3 is 0 Å². The lowest BCUT2D eigenvalue weighted by Gasteiger charge is -2.39. The van der Waals surface area contributed by atoms with Gasteiger partial charge in [-0.05, 0) is 42.9 Å². The second-order valence-electron chi connectivity index (χ2n) is 7.06. The molecule has 0 bridgehead atoms. The molecule has 4 atom stereocenters. The van der Waals surface area contributed by atoms with E-state index in [0.29, 0.717) is 12.1 Å². The van der Waals surface area contributed by atoms with Gasteiger partial charge in [0.05, 0.1) is 0 Å². The molecule has 0 aromatic rings. The van der Waals surface area contributed by atoms with Crippen LogP contribution < -0.4 is 5.32 Å². The molecule has 0 heterocycles. The molecule has 2 N–H and O–H groups in total. The molecule has 0 amide bonds. The first kappa shape index (κ1) is 15.0. The molecule has 0 spiro atoms. The van der Waals surface area contributed by atoms with E-state index in [2.05, 4.69) is 39.9 Å². The fraction of sp³-hybridized carbons (Fsp3) is 1.00. The summed E-state index contributed by atoms with van der Waals surface area (Å²) in [6, 6.07) is 1.08. The SMILES string of the molecule is CC1CCC(NC(CCO)C(C)(C)C)CC1C. The molecule has 1 aliphatic rings. The van der Waals surface area contributed by atoms with Crippen LogP contribution in [0.1, 0.15) is 60.3 Å². The maximum atomic E-state index is 9.18. The summed E-state index contributed by atoms with van der Waals surface area (Å²) in [6.45, 7) is 11.8. The lowest BCUT2D eigenvalue weighted by atomic mass is 9.77. The van der Waals surface area contributed by atoms with Crippen molar-refractivity contribution in [1.29, 1.82) is 0 Å². The summed E-state index contributed by atoms with van der Waals surface area (Å²) in [5.41, 5.74) is 0.231. The lowest BCUT2D eigenvalue weighted by Crippen LogP contribution is -2.48. The fourth-order valence-corrected chi connectivity index (χ4v) is 2.88. The average Bonchev–Trinajstić information content (AvgIpc) is 2.21. The van der Waals surface area contributed by atoms with Crippen molar-refractivity contribution in [2.24, 2.45) is 17.3 Å². The van der Waals surface area contributed by atoms with Crippen LogP contribution in [0.3, 0.4) is 0 Å². The van der Waals surface area contributed by atoms with Crippen LogP contribution in [0.15, 0.2) is 0 Å². The summed E-state index contributed by atoms with van der Waals surface area (Å²) < 4.78 is 0. The van der Waals surface area contributed by atoms with Crippen LogP contribution in [0.5, 0.6) is 0 Å². The van der Waals surface area contributed by atoms with Crippen LogP contribution in [0.2, 0.25) is 0 Å². The predicted octanol–water partition coefficient (Wildman–Crippen LogP) is 3.20. The zero-order valence-corrected chi connectivity index (χ0v) is 12.3. The summed E-state index contributed by atoms with van der Waals surface area (Å²) in [6.07, 6.45) is 4.79. The van der Waals surface area contributed by atoms with Gasteiger partial charge in [0.25, 0.3) is 0 Å². The Morgan fingerprint density at radius 2 is 1.82 bits per heavy atom. The molecule has 102 valence electrons. The fourth-order valence-electron chi connectivity index (χ4n) is 2.88. The predicted molar refractivity (Wildman–Crippen MR) is 74.0 cm³/mol. The second kappa shape index (κ2) is 6.19. The van der Waals surface area contributed by atoms with Crippen LogP contribution >= 0.6 is 0 Å². The van der Waals surface area contributed by atoms with Gasteiger partial charge < -0.3 is 10.4 Å². The van der Waals surface area contributed by atoms with Gasteiger partial charge in [0.15, 0.2) is 0 Å². The van der Waals surface area contributed by atoms with Gasteiger partial charge in [0.1, 0.15) is 0 Å². The molecule has 0 aromatic carbocycles. The van der Waals surface area contributed by atoms with Crippen molar-refractivity contribution >= 4 is 0 Å². The van der Waals surface area contributed by atoms with E-state index in [1.165, 1.54) is 19.3 Å². The van der Waals surface area contributed by atoms with Gasteiger partial charge in [0, 0.05) is 18.7 Å². The number of aliphatic hydroxyl groups excluding tert-OH is 1. The van der Waals surface area contributed by atoms with Gasteiger partial charge in [-0.25, -0.2) is 0 Å². The Labute approximate surface area is 107 Å². The Morgan fingerprint density at radius 1 is 1.18 bits per heavy atom. The Hall–Kier alpha value is -0.0800. The second-order valence-corrected chi connectivity index (χ2v) is 7.06. The van der Waals surface area contributed by atoms with Crippen molar-refractivity contribution in [3.63, 3.8) is 0 Å². The lowest BCUT2D eigenvalue weighted by molar-refractivity contribution is 0.152. The molecule has 0 aliphatic heterocycles. The molecular weight excluding hydrogens is 210 g/mol. The Bertz CT molecular complexity index is 221. The zero-order valence-electron chi connectivity index (χ0n) is 12.3. The van der Waals surface area contributed by atoms with Crippen molar-refractivity contribution in [2.75, 3.05) is 6.61 Å². The van der Waals surface area contributed by atoms with Crippen molar-refractivity contribution in [3.8, 4) is 0 Å². The van der Waals surface area contributed by atoms with Gasteiger partial charge in [-0.2, -0.15) is 0 Å².